The average molecular weight is 208 g/mol. The van der Waals surface area contributed by atoms with Gasteiger partial charge in [0.2, 0.25) is 0 Å². The van der Waals surface area contributed by atoms with E-state index in [1.54, 1.807) is 6.08 Å². The highest BCUT2D eigenvalue weighted by Crippen LogP contribution is 2.06. The lowest BCUT2D eigenvalue weighted by atomic mass is 10.2. The van der Waals surface area contributed by atoms with E-state index in [1.807, 2.05) is 0 Å². The molecule has 0 aromatic carbocycles. The summed E-state index contributed by atoms with van der Waals surface area (Å²) in [6, 6.07) is 0. The second kappa shape index (κ2) is 5.99. The minimum absolute atomic E-state index is 0.221. The number of hydrogen-bond donors (Lipinski definition) is 1. The highest BCUT2D eigenvalue weighted by Gasteiger charge is 2.04. The summed E-state index contributed by atoms with van der Waals surface area (Å²) in [6.45, 7) is 3.59. The Balaban J connectivity index is 3.77. The van der Waals surface area contributed by atoms with Crippen LogP contribution < -0.4 is 0 Å². The van der Waals surface area contributed by atoms with E-state index < -0.39 is 10.4 Å². The highest BCUT2D eigenvalue weighted by molar-refractivity contribution is 7.81. The Hall–Kier alpha value is -0.550. The van der Waals surface area contributed by atoms with Crippen LogP contribution in [0.2, 0.25) is 0 Å². The Bertz CT molecular complexity index is 253. The molecule has 0 spiro atoms. The molecule has 0 saturated heterocycles. The zero-order chi connectivity index (χ0) is 10.3. The van der Waals surface area contributed by atoms with E-state index in [0.717, 1.165) is 25.7 Å². The second-order valence-electron chi connectivity index (χ2n) is 2.82. The molecule has 13 heavy (non-hydrogen) atoms. The second-order valence-corrected chi connectivity index (χ2v) is 3.84. The fraction of sp³-hybridized carbons (Fsp3) is 0.750. The standard InChI is InChI=1S/C8H16O4S/c1-3-4-5-6-7-8(2)12-13(9,10)11/h7H,3-6H2,1-2H3,(H,9,10,11). The molecule has 1 N–H and O–H groups in total. The van der Waals surface area contributed by atoms with Gasteiger partial charge in [0.15, 0.2) is 0 Å². The van der Waals surface area contributed by atoms with Gasteiger partial charge in [0.1, 0.15) is 5.76 Å². The van der Waals surface area contributed by atoms with Gasteiger partial charge in [0, 0.05) is 0 Å². The highest BCUT2D eigenvalue weighted by atomic mass is 32.3. The summed E-state index contributed by atoms with van der Waals surface area (Å²) in [6.07, 6.45) is 5.66. The predicted octanol–water partition coefficient (Wildman–Crippen LogP) is 2.29. The number of rotatable bonds is 6. The third-order valence-corrected chi connectivity index (χ3v) is 1.95. The fourth-order valence-corrected chi connectivity index (χ4v) is 1.30. The molecule has 0 saturated carbocycles. The van der Waals surface area contributed by atoms with Crippen molar-refractivity contribution >= 4 is 10.4 Å². The van der Waals surface area contributed by atoms with E-state index in [9.17, 15) is 8.42 Å². The van der Waals surface area contributed by atoms with Gasteiger partial charge in [0.05, 0.1) is 0 Å². The van der Waals surface area contributed by atoms with Crippen LogP contribution in [0.4, 0.5) is 0 Å². The number of unbranched alkanes of at least 4 members (excludes halogenated alkanes) is 3. The van der Waals surface area contributed by atoms with Gasteiger partial charge in [-0.25, -0.2) is 0 Å². The quantitative estimate of drug-likeness (QED) is 0.413. The van der Waals surface area contributed by atoms with Crippen LogP contribution in [0.5, 0.6) is 0 Å². The van der Waals surface area contributed by atoms with Gasteiger partial charge >= 0.3 is 10.4 Å². The Morgan fingerprint density at radius 2 is 2.08 bits per heavy atom. The summed E-state index contributed by atoms with van der Waals surface area (Å²) in [4.78, 5) is 0. The van der Waals surface area contributed by atoms with Gasteiger partial charge in [-0.05, 0) is 25.8 Å². The van der Waals surface area contributed by atoms with Crippen molar-refractivity contribution in [2.24, 2.45) is 0 Å². The molecule has 0 aliphatic rings. The van der Waals surface area contributed by atoms with Crippen LogP contribution in [0.15, 0.2) is 11.8 Å². The topological polar surface area (TPSA) is 63.6 Å². The lowest BCUT2D eigenvalue weighted by molar-refractivity contribution is 0.332. The van der Waals surface area contributed by atoms with Gasteiger partial charge in [-0.15, -0.1) is 0 Å². The van der Waals surface area contributed by atoms with Crippen molar-refractivity contribution in [1.82, 2.24) is 0 Å². The lowest BCUT2D eigenvalue weighted by Gasteiger charge is -2.00. The van der Waals surface area contributed by atoms with Crippen LogP contribution in [0.3, 0.4) is 0 Å². The molecular formula is C8H16O4S. The molecule has 0 aromatic heterocycles. The lowest BCUT2D eigenvalue weighted by Crippen LogP contribution is -2.01. The third kappa shape index (κ3) is 9.36. The third-order valence-electron chi connectivity index (χ3n) is 1.48. The molecule has 0 fully saturated rings. The Kier molecular flexibility index (Phi) is 5.73. The van der Waals surface area contributed by atoms with Crippen molar-refractivity contribution in [1.29, 1.82) is 0 Å². The van der Waals surface area contributed by atoms with Crippen LogP contribution in [-0.2, 0) is 14.6 Å². The first kappa shape index (κ1) is 12.4. The van der Waals surface area contributed by atoms with E-state index in [4.69, 9.17) is 4.55 Å². The summed E-state index contributed by atoms with van der Waals surface area (Å²) in [7, 11) is -4.33. The van der Waals surface area contributed by atoms with Crippen LogP contribution in [0.1, 0.15) is 39.5 Å². The molecule has 0 aliphatic heterocycles. The van der Waals surface area contributed by atoms with Crippen molar-refractivity contribution < 1.29 is 17.2 Å². The normalized spacial score (nSPS) is 13.0. The number of allylic oxidation sites excluding steroid dienone is 2. The van der Waals surface area contributed by atoms with Gasteiger partial charge in [-0.3, -0.25) is 4.55 Å². The number of hydrogen-bond acceptors (Lipinski definition) is 3. The van der Waals surface area contributed by atoms with E-state index >= 15 is 0 Å². The summed E-state index contributed by atoms with van der Waals surface area (Å²) >= 11 is 0. The van der Waals surface area contributed by atoms with E-state index in [1.165, 1.54) is 6.92 Å². The average Bonchev–Trinajstić information content (AvgIpc) is 1.94. The summed E-state index contributed by atoms with van der Waals surface area (Å²) in [5.41, 5.74) is 0. The van der Waals surface area contributed by atoms with Gasteiger partial charge in [0.25, 0.3) is 0 Å². The molecule has 0 amide bonds. The molecule has 0 heterocycles. The van der Waals surface area contributed by atoms with Crippen molar-refractivity contribution in [3.05, 3.63) is 11.8 Å². The van der Waals surface area contributed by atoms with Gasteiger partial charge in [-0.2, -0.15) is 8.42 Å². The van der Waals surface area contributed by atoms with Crippen LogP contribution >= 0.6 is 0 Å². The molecule has 5 heteroatoms. The Labute approximate surface area is 79.6 Å². The monoisotopic (exact) mass is 208 g/mol. The van der Waals surface area contributed by atoms with Crippen LogP contribution in [0.25, 0.3) is 0 Å². The molecule has 0 aliphatic carbocycles. The summed E-state index contributed by atoms with van der Waals surface area (Å²) in [5, 5.41) is 0. The SMILES string of the molecule is CCCCCC=C(C)OS(=O)(=O)O. The van der Waals surface area contributed by atoms with Crippen molar-refractivity contribution in [3.8, 4) is 0 Å². The van der Waals surface area contributed by atoms with Crippen molar-refractivity contribution in [2.75, 3.05) is 0 Å². The maximum atomic E-state index is 10.2. The molecule has 4 nitrogen and oxygen atoms in total. The molecular weight excluding hydrogens is 192 g/mol. The smallest absolute Gasteiger partial charge is 0.367 e. The van der Waals surface area contributed by atoms with Crippen molar-refractivity contribution in [3.63, 3.8) is 0 Å². The maximum Gasteiger partial charge on any atom is 0.446 e. The summed E-state index contributed by atoms with van der Waals surface area (Å²) < 4.78 is 33.0. The first-order valence-corrected chi connectivity index (χ1v) is 5.66. The zero-order valence-electron chi connectivity index (χ0n) is 7.99. The minimum atomic E-state index is -4.33. The largest absolute Gasteiger partial charge is 0.446 e. The summed E-state index contributed by atoms with van der Waals surface area (Å²) in [5.74, 6) is 0.221. The predicted molar refractivity (Wildman–Crippen MR) is 50.5 cm³/mol. The van der Waals surface area contributed by atoms with Gasteiger partial charge < -0.3 is 4.18 Å². The molecule has 78 valence electrons. The minimum Gasteiger partial charge on any atom is -0.367 e. The maximum absolute atomic E-state index is 10.2. The van der Waals surface area contributed by atoms with E-state index in [-0.39, 0.29) is 5.76 Å². The van der Waals surface area contributed by atoms with E-state index in [2.05, 4.69) is 11.1 Å². The van der Waals surface area contributed by atoms with Crippen LogP contribution in [0, 0.1) is 0 Å². The zero-order valence-corrected chi connectivity index (χ0v) is 8.80. The van der Waals surface area contributed by atoms with Crippen molar-refractivity contribution in [2.45, 2.75) is 39.5 Å². The first-order chi connectivity index (χ1) is 5.95. The Morgan fingerprint density at radius 3 is 2.54 bits per heavy atom. The Morgan fingerprint density at radius 1 is 1.46 bits per heavy atom. The van der Waals surface area contributed by atoms with E-state index in [0.29, 0.717) is 0 Å². The fourth-order valence-electron chi connectivity index (χ4n) is 0.900. The molecule has 0 unspecified atom stereocenters. The van der Waals surface area contributed by atoms with Crippen LogP contribution in [-0.4, -0.2) is 13.0 Å². The first-order valence-electron chi connectivity index (χ1n) is 4.29. The molecule has 0 atom stereocenters. The van der Waals surface area contributed by atoms with Gasteiger partial charge in [-0.1, -0.05) is 19.8 Å². The molecule has 0 bridgehead atoms. The molecule has 0 aromatic rings. The molecule has 0 rings (SSSR count). The molecule has 0 radical (unpaired) electrons.